The summed E-state index contributed by atoms with van der Waals surface area (Å²) in [6.07, 6.45) is 2.40. The van der Waals surface area contributed by atoms with Gasteiger partial charge in [-0.2, -0.15) is 0 Å². The summed E-state index contributed by atoms with van der Waals surface area (Å²) in [5.74, 6) is -0.813. The van der Waals surface area contributed by atoms with Gasteiger partial charge in [-0.15, -0.1) is 0 Å². The maximum atomic E-state index is 12.9. The Hall–Kier alpha value is -1.49. The van der Waals surface area contributed by atoms with Crippen LogP contribution >= 0.6 is 0 Å². The van der Waals surface area contributed by atoms with Gasteiger partial charge in [-0.1, -0.05) is 0 Å². The largest absolute Gasteiger partial charge is 0.335 e. The first kappa shape index (κ1) is 12.6. The van der Waals surface area contributed by atoms with Crippen molar-refractivity contribution in [2.45, 2.75) is 19.4 Å². The summed E-state index contributed by atoms with van der Waals surface area (Å²) in [4.78, 5) is 17.1. The number of nitrogens with zero attached hydrogens (tertiary/aromatic N) is 2. The minimum Gasteiger partial charge on any atom is -0.335 e. The first-order valence-electron chi connectivity index (χ1n) is 4.97. The number of hydrogen-bond acceptors (Lipinski definition) is 3. The molecule has 5 heteroatoms. The number of pyridine rings is 1. The van der Waals surface area contributed by atoms with Crippen LogP contribution in [0.2, 0.25) is 0 Å². The maximum Gasteiger partial charge on any atom is 0.255 e. The Labute approximate surface area is 94.3 Å². The number of aromatic nitrogens is 1. The molecule has 0 saturated heterocycles. The van der Waals surface area contributed by atoms with Crippen LogP contribution in [0.5, 0.6) is 0 Å². The molecule has 0 atom stereocenters. The van der Waals surface area contributed by atoms with E-state index in [2.05, 4.69) is 4.98 Å². The standard InChI is InChI=1S/C11H16FN3O/c1-11(2,7-13)15(3)10(16)8-4-9(12)6-14-5-8/h4-6H,7,13H2,1-3H3. The molecule has 1 heterocycles. The molecule has 0 aliphatic carbocycles. The van der Waals surface area contributed by atoms with Crippen LogP contribution in [-0.4, -0.2) is 34.9 Å². The lowest BCUT2D eigenvalue weighted by atomic mass is 10.0. The molecule has 0 bridgehead atoms. The topological polar surface area (TPSA) is 59.2 Å². The van der Waals surface area contributed by atoms with Crippen molar-refractivity contribution in [2.24, 2.45) is 5.73 Å². The summed E-state index contributed by atoms with van der Waals surface area (Å²) >= 11 is 0. The van der Waals surface area contributed by atoms with Crippen LogP contribution in [0, 0.1) is 5.82 Å². The fourth-order valence-corrected chi connectivity index (χ4v) is 1.13. The molecular formula is C11H16FN3O. The number of hydrogen-bond donors (Lipinski definition) is 1. The highest BCUT2D eigenvalue weighted by atomic mass is 19.1. The second-order valence-corrected chi connectivity index (χ2v) is 4.27. The molecular weight excluding hydrogens is 209 g/mol. The Balaban J connectivity index is 2.95. The van der Waals surface area contributed by atoms with Gasteiger partial charge < -0.3 is 10.6 Å². The lowest BCUT2D eigenvalue weighted by Gasteiger charge is -2.34. The number of likely N-dealkylation sites (N-methyl/N-ethyl adjacent to an activating group) is 1. The molecule has 0 fully saturated rings. The van der Waals surface area contributed by atoms with Gasteiger partial charge in [0, 0.05) is 25.3 Å². The number of nitrogens with two attached hydrogens (primary N) is 1. The zero-order valence-electron chi connectivity index (χ0n) is 9.70. The van der Waals surface area contributed by atoms with Crippen LogP contribution in [0.3, 0.4) is 0 Å². The molecule has 0 unspecified atom stereocenters. The van der Waals surface area contributed by atoms with E-state index in [4.69, 9.17) is 5.73 Å². The Morgan fingerprint density at radius 1 is 1.56 bits per heavy atom. The SMILES string of the molecule is CN(C(=O)c1cncc(F)c1)C(C)(C)CN. The average molecular weight is 225 g/mol. The van der Waals surface area contributed by atoms with E-state index in [0.717, 1.165) is 6.20 Å². The molecule has 1 aromatic heterocycles. The van der Waals surface area contributed by atoms with Crippen molar-refractivity contribution in [3.05, 3.63) is 29.8 Å². The first-order valence-corrected chi connectivity index (χ1v) is 4.97. The molecule has 0 radical (unpaired) electrons. The highest BCUT2D eigenvalue weighted by molar-refractivity contribution is 5.94. The molecule has 0 saturated carbocycles. The zero-order chi connectivity index (χ0) is 12.3. The van der Waals surface area contributed by atoms with E-state index in [1.165, 1.54) is 17.2 Å². The molecule has 0 aromatic carbocycles. The zero-order valence-corrected chi connectivity index (χ0v) is 9.70. The fraction of sp³-hybridized carbons (Fsp3) is 0.455. The van der Waals surface area contributed by atoms with Gasteiger partial charge in [0.05, 0.1) is 11.8 Å². The Morgan fingerprint density at radius 3 is 2.69 bits per heavy atom. The molecule has 1 rings (SSSR count). The summed E-state index contributed by atoms with van der Waals surface area (Å²) < 4.78 is 12.9. The number of rotatable bonds is 3. The van der Waals surface area contributed by atoms with Crippen LogP contribution in [0.15, 0.2) is 18.5 Å². The second kappa shape index (κ2) is 4.57. The van der Waals surface area contributed by atoms with Crippen LogP contribution in [0.25, 0.3) is 0 Å². The summed E-state index contributed by atoms with van der Waals surface area (Å²) in [6.45, 7) is 4.02. The lowest BCUT2D eigenvalue weighted by molar-refractivity contribution is 0.0639. The van der Waals surface area contributed by atoms with E-state index in [1.54, 1.807) is 7.05 Å². The van der Waals surface area contributed by atoms with Crippen molar-refractivity contribution in [2.75, 3.05) is 13.6 Å². The van der Waals surface area contributed by atoms with Crippen molar-refractivity contribution in [1.29, 1.82) is 0 Å². The smallest absolute Gasteiger partial charge is 0.255 e. The normalized spacial score (nSPS) is 11.3. The Kier molecular flexibility index (Phi) is 3.59. The minimum absolute atomic E-state index is 0.226. The quantitative estimate of drug-likeness (QED) is 0.835. The molecule has 0 spiro atoms. The van der Waals surface area contributed by atoms with Crippen LogP contribution in [0.1, 0.15) is 24.2 Å². The minimum atomic E-state index is -0.523. The van der Waals surface area contributed by atoms with Crippen LogP contribution in [0.4, 0.5) is 4.39 Å². The molecule has 1 amide bonds. The van der Waals surface area contributed by atoms with Gasteiger partial charge >= 0.3 is 0 Å². The van der Waals surface area contributed by atoms with Crippen LogP contribution in [-0.2, 0) is 0 Å². The maximum absolute atomic E-state index is 12.9. The fourth-order valence-electron chi connectivity index (χ4n) is 1.13. The highest BCUT2D eigenvalue weighted by Gasteiger charge is 2.27. The predicted octanol–water partition coefficient (Wildman–Crippen LogP) is 1.03. The monoisotopic (exact) mass is 225 g/mol. The van der Waals surface area contributed by atoms with Crippen molar-refractivity contribution in [3.8, 4) is 0 Å². The Morgan fingerprint density at radius 2 is 2.19 bits per heavy atom. The Bertz CT molecular complexity index is 393. The molecule has 0 aliphatic heterocycles. The number of halogens is 1. The van der Waals surface area contributed by atoms with Gasteiger partial charge in [0.1, 0.15) is 5.82 Å². The number of amides is 1. The van der Waals surface area contributed by atoms with Gasteiger partial charge in [-0.3, -0.25) is 9.78 Å². The third-order valence-corrected chi connectivity index (χ3v) is 2.66. The highest BCUT2D eigenvalue weighted by Crippen LogP contribution is 2.14. The van der Waals surface area contributed by atoms with Gasteiger partial charge in [-0.25, -0.2) is 4.39 Å². The van der Waals surface area contributed by atoms with E-state index in [1.807, 2.05) is 13.8 Å². The van der Waals surface area contributed by atoms with Gasteiger partial charge in [0.2, 0.25) is 0 Å². The summed E-state index contributed by atoms with van der Waals surface area (Å²) in [7, 11) is 1.64. The van der Waals surface area contributed by atoms with E-state index >= 15 is 0 Å². The predicted molar refractivity (Wildman–Crippen MR) is 59.4 cm³/mol. The lowest BCUT2D eigenvalue weighted by Crippen LogP contribution is -2.50. The molecule has 88 valence electrons. The van der Waals surface area contributed by atoms with Crippen molar-refractivity contribution >= 4 is 5.91 Å². The second-order valence-electron chi connectivity index (χ2n) is 4.27. The molecule has 0 aliphatic rings. The number of carbonyl (C=O) groups excluding carboxylic acids is 1. The van der Waals surface area contributed by atoms with Crippen molar-refractivity contribution < 1.29 is 9.18 Å². The molecule has 4 nitrogen and oxygen atoms in total. The van der Waals surface area contributed by atoms with Crippen molar-refractivity contribution in [1.82, 2.24) is 9.88 Å². The average Bonchev–Trinajstić information content (AvgIpc) is 2.27. The number of carbonyl (C=O) groups is 1. The summed E-state index contributed by atoms with van der Waals surface area (Å²) in [5, 5.41) is 0. The van der Waals surface area contributed by atoms with E-state index < -0.39 is 11.4 Å². The third kappa shape index (κ3) is 2.55. The first-order chi connectivity index (χ1) is 7.38. The molecule has 2 N–H and O–H groups in total. The van der Waals surface area contributed by atoms with Gasteiger partial charge in [-0.05, 0) is 19.9 Å². The summed E-state index contributed by atoms with van der Waals surface area (Å²) in [5.41, 5.74) is 5.33. The van der Waals surface area contributed by atoms with Crippen LogP contribution < -0.4 is 5.73 Å². The van der Waals surface area contributed by atoms with E-state index in [0.29, 0.717) is 6.54 Å². The van der Waals surface area contributed by atoms with E-state index in [-0.39, 0.29) is 11.5 Å². The van der Waals surface area contributed by atoms with Crippen molar-refractivity contribution in [3.63, 3.8) is 0 Å². The van der Waals surface area contributed by atoms with Gasteiger partial charge in [0.15, 0.2) is 0 Å². The van der Waals surface area contributed by atoms with Gasteiger partial charge in [0.25, 0.3) is 5.91 Å². The summed E-state index contributed by atoms with van der Waals surface area (Å²) in [6, 6.07) is 1.17. The molecule has 1 aromatic rings. The van der Waals surface area contributed by atoms with E-state index in [9.17, 15) is 9.18 Å². The third-order valence-electron chi connectivity index (χ3n) is 2.66. The molecule has 16 heavy (non-hydrogen) atoms.